The zero-order valence-corrected chi connectivity index (χ0v) is 13.5. The lowest BCUT2D eigenvalue weighted by molar-refractivity contribution is -0.892. The Bertz CT molecular complexity index is 613. The highest BCUT2D eigenvalue weighted by Crippen LogP contribution is 2.29. The van der Waals surface area contributed by atoms with Gasteiger partial charge in [-0.3, -0.25) is 14.9 Å². The van der Waals surface area contributed by atoms with E-state index in [1.54, 1.807) is 6.07 Å². The highest BCUT2D eigenvalue weighted by atomic mass is 35.5. The topological polar surface area (TPSA) is 79.9 Å². The molecule has 1 aromatic rings. The molecular weight excluding hydrogens is 320 g/mol. The molecule has 1 saturated carbocycles. The summed E-state index contributed by atoms with van der Waals surface area (Å²) in [5.74, 6) is 0.129. The van der Waals surface area contributed by atoms with Gasteiger partial charge in [-0.25, -0.2) is 0 Å². The summed E-state index contributed by atoms with van der Waals surface area (Å²) in [6.45, 7) is 3.78. The molecular formula is C15H20ClN4O3+. The van der Waals surface area contributed by atoms with Crippen LogP contribution in [0.4, 0.5) is 11.4 Å². The average molecular weight is 340 g/mol. The van der Waals surface area contributed by atoms with Gasteiger partial charge in [0, 0.05) is 18.2 Å². The van der Waals surface area contributed by atoms with Crippen LogP contribution in [0, 0.1) is 10.1 Å². The molecule has 0 atom stereocenters. The molecule has 0 aromatic heterocycles. The molecule has 1 saturated heterocycles. The highest BCUT2D eigenvalue weighted by Gasteiger charge is 2.27. The quantitative estimate of drug-likeness (QED) is 0.594. The lowest BCUT2D eigenvalue weighted by Crippen LogP contribution is -3.16. The molecule has 7 nitrogen and oxygen atoms in total. The van der Waals surface area contributed by atoms with E-state index in [-0.39, 0.29) is 11.6 Å². The Kier molecular flexibility index (Phi) is 4.68. The van der Waals surface area contributed by atoms with Crippen LogP contribution in [-0.2, 0) is 4.79 Å². The maximum atomic E-state index is 11.8. The maximum absolute atomic E-state index is 11.8. The number of piperazine rings is 1. The van der Waals surface area contributed by atoms with Gasteiger partial charge < -0.3 is 15.1 Å². The molecule has 1 aromatic carbocycles. The summed E-state index contributed by atoms with van der Waals surface area (Å²) in [7, 11) is 0. The summed E-state index contributed by atoms with van der Waals surface area (Å²) >= 11 is 6.17. The number of rotatable bonds is 5. The minimum Gasteiger partial charge on any atom is -0.359 e. The van der Waals surface area contributed by atoms with E-state index in [4.69, 9.17) is 11.6 Å². The van der Waals surface area contributed by atoms with Crippen molar-refractivity contribution in [2.24, 2.45) is 0 Å². The largest absolute Gasteiger partial charge is 0.359 e. The van der Waals surface area contributed by atoms with Crippen molar-refractivity contribution >= 4 is 28.9 Å². The van der Waals surface area contributed by atoms with Crippen LogP contribution in [0.3, 0.4) is 0 Å². The molecule has 1 heterocycles. The summed E-state index contributed by atoms with van der Waals surface area (Å²) in [6, 6.07) is 4.97. The van der Waals surface area contributed by atoms with Crippen LogP contribution in [0.5, 0.6) is 0 Å². The number of anilines is 1. The van der Waals surface area contributed by atoms with Gasteiger partial charge in [0.25, 0.3) is 11.6 Å². The number of hydrogen-bond donors (Lipinski definition) is 2. The van der Waals surface area contributed by atoms with E-state index in [0.29, 0.717) is 17.6 Å². The predicted octanol–water partition coefficient (Wildman–Crippen LogP) is 0.232. The molecule has 0 radical (unpaired) electrons. The number of quaternary nitrogens is 1. The molecule has 1 amide bonds. The van der Waals surface area contributed by atoms with Crippen molar-refractivity contribution < 1.29 is 14.6 Å². The third kappa shape index (κ3) is 4.11. The summed E-state index contributed by atoms with van der Waals surface area (Å²) in [4.78, 5) is 25.5. The number of carbonyl (C=O) groups excluding carboxylic acids is 1. The highest BCUT2D eigenvalue weighted by molar-refractivity contribution is 6.33. The number of carbonyl (C=O) groups is 1. The maximum Gasteiger partial charge on any atom is 0.275 e. The van der Waals surface area contributed by atoms with Gasteiger partial charge in [-0.1, -0.05) is 11.6 Å². The van der Waals surface area contributed by atoms with Crippen molar-refractivity contribution in [3.63, 3.8) is 0 Å². The minimum atomic E-state index is -0.448. The first kappa shape index (κ1) is 16.0. The second-order valence-electron chi connectivity index (χ2n) is 6.15. The molecule has 2 fully saturated rings. The molecule has 2 N–H and O–H groups in total. The molecule has 0 unspecified atom stereocenters. The number of amides is 1. The molecule has 124 valence electrons. The second-order valence-corrected chi connectivity index (χ2v) is 6.56. The number of benzene rings is 1. The van der Waals surface area contributed by atoms with E-state index in [2.05, 4.69) is 10.2 Å². The van der Waals surface area contributed by atoms with Crippen molar-refractivity contribution in [3.8, 4) is 0 Å². The van der Waals surface area contributed by atoms with Crippen LogP contribution in [0.1, 0.15) is 12.8 Å². The molecule has 2 aliphatic rings. The zero-order valence-electron chi connectivity index (χ0n) is 12.8. The van der Waals surface area contributed by atoms with Crippen molar-refractivity contribution in [2.75, 3.05) is 37.6 Å². The third-order valence-corrected chi connectivity index (χ3v) is 4.61. The Hall–Kier alpha value is -1.86. The smallest absolute Gasteiger partial charge is 0.275 e. The van der Waals surface area contributed by atoms with E-state index in [9.17, 15) is 14.9 Å². The van der Waals surface area contributed by atoms with Gasteiger partial charge in [0.1, 0.15) is 0 Å². The SMILES string of the molecule is O=C(C[NH+]1CCN(c2ccc([N+](=O)[O-])cc2Cl)CC1)NC1CC1. The van der Waals surface area contributed by atoms with Crippen LogP contribution in [0.15, 0.2) is 18.2 Å². The summed E-state index contributed by atoms with van der Waals surface area (Å²) < 4.78 is 0. The van der Waals surface area contributed by atoms with E-state index in [1.807, 2.05) is 0 Å². The monoisotopic (exact) mass is 339 g/mol. The van der Waals surface area contributed by atoms with E-state index >= 15 is 0 Å². The average Bonchev–Trinajstić information content (AvgIpc) is 3.32. The second kappa shape index (κ2) is 6.72. The lowest BCUT2D eigenvalue weighted by Gasteiger charge is -2.33. The fourth-order valence-electron chi connectivity index (χ4n) is 2.84. The van der Waals surface area contributed by atoms with Crippen molar-refractivity contribution in [3.05, 3.63) is 33.3 Å². The Balaban J connectivity index is 1.54. The van der Waals surface area contributed by atoms with E-state index in [1.165, 1.54) is 17.0 Å². The lowest BCUT2D eigenvalue weighted by atomic mass is 10.2. The first-order valence-electron chi connectivity index (χ1n) is 7.85. The minimum absolute atomic E-state index is 0.000224. The molecule has 0 bridgehead atoms. The number of nitrogens with one attached hydrogen (secondary N) is 2. The molecule has 0 spiro atoms. The Morgan fingerprint density at radius 3 is 2.65 bits per heavy atom. The van der Waals surface area contributed by atoms with Crippen molar-refractivity contribution in [2.45, 2.75) is 18.9 Å². The molecule has 3 rings (SSSR count). The number of non-ortho nitro benzene ring substituents is 1. The third-order valence-electron chi connectivity index (χ3n) is 4.31. The summed E-state index contributed by atoms with van der Waals surface area (Å²) in [5.41, 5.74) is 0.818. The van der Waals surface area contributed by atoms with Gasteiger partial charge in [-0.05, 0) is 18.9 Å². The molecule has 1 aliphatic carbocycles. The van der Waals surface area contributed by atoms with Gasteiger partial charge >= 0.3 is 0 Å². The van der Waals surface area contributed by atoms with Gasteiger partial charge in [-0.2, -0.15) is 0 Å². The van der Waals surface area contributed by atoms with Crippen LogP contribution in [0.2, 0.25) is 5.02 Å². The number of nitro groups is 1. The van der Waals surface area contributed by atoms with Crippen molar-refractivity contribution in [1.82, 2.24) is 5.32 Å². The van der Waals surface area contributed by atoms with Crippen LogP contribution < -0.4 is 15.1 Å². The fraction of sp³-hybridized carbons (Fsp3) is 0.533. The number of nitro benzene ring substituents is 1. The Labute approximate surface area is 139 Å². The summed E-state index contributed by atoms with van der Waals surface area (Å²) in [6.07, 6.45) is 2.21. The van der Waals surface area contributed by atoms with Crippen LogP contribution >= 0.6 is 11.6 Å². The van der Waals surface area contributed by atoms with Gasteiger partial charge in [-0.15, -0.1) is 0 Å². The van der Waals surface area contributed by atoms with E-state index < -0.39 is 4.92 Å². The van der Waals surface area contributed by atoms with E-state index in [0.717, 1.165) is 44.7 Å². The Morgan fingerprint density at radius 1 is 1.39 bits per heavy atom. The molecule has 23 heavy (non-hydrogen) atoms. The molecule has 8 heteroatoms. The van der Waals surface area contributed by atoms with Crippen LogP contribution in [0.25, 0.3) is 0 Å². The standard InChI is InChI=1S/C15H19ClN4O3/c16-13-9-12(20(22)23)3-4-14(13)19-7-5-18(6-8-19)10-15(21)17-11-1-2-11/h3-4,9,11H,1-2,5-8,10H2,(H,17,21)/p+1. The molecule has 1 aliphatic heterocycles. The zero-order chi connectivity index (χ0) is 16.4. The number of halogens is 1. The first-order valence-corrected chi connectivity index (χ1v) is 8.22. The Morgan fingerprint density at radius 2 is 2.09 bits per heavy atom. The number of hydrogen-bond acceptors (Lipinski definition) is 4. The first-order chi connectivity index (χ1) is 11.0. The van der Waals surface area contributed by atoms with Crippen molar-refractivity contribution in [1.29, 1.82) is 0 Å². The summed E-state index contributed by atoms with van der Waals surface area (Å²) in [5, 5.41) is 14.2. The normalized spacial score (nSPS) is 18.7. The predicted molar refractivity (Wildman–Crippen MR) is 87.0 cm³/mol. The van der Waals surface area contributed by atoms with Gasteiger partial charge in [0.05, 0.1) is 41.8 Å². The number of nitrogens with zero attached hydrogens (tertiary/aromatic N) is 2. The van der Waals surface area contributed by atoms with Gasteiger partial charge in [0.15, 0.2) is 6.54 Å². The van der Waals surface area contributed by atoms with Gasteiger partial charge in [0.2, 0.25) is 0 Å². The fourth-order valence-corrected chi connectivity index (χ4v) is 3.13. The van der Waals surface area contributed by atoms with Crippen LogP contribution in [-0.4, -0.2) is 49.6 Å².